The van der Waals surface area contributed by atoms with Crippen molar-refractivity contribution in [3.05, 3.63) is 114 Å². The van der Waals surface area contributed by atoms with Crippen LogP contribution in [0.25, 0.3) is 0 Å². The Bertz CT molecular complexity index is 2480. The zero-order chi connectivity index (χ0) is 49.5. The second-order valence-corrected chi connectivity index (χ2v) is 17.3. The van der Waals surface area contributed by atoms with Crippen molar-refractivity contribution in [3.63, 3.8) is 0 Å². The van der Waals surface area contributed by atoms with E-state index in [1.165, 1.54) is 24.3 Å². The average molecular weight is 1100 g/mol. The number of phenolic OH excluding ortho intramolecular Hbond substituents is 2. The van der Waals surface area contributed by atoms with Gasteiger partial charge in [0.05, 0.1) is 22.3 Å². The number of phenols is 2. The molecule has 2 aromatic heterocycles. The summed E-state index contributed by atoms with van der Waals surface area (Å²) >= 11 is 0. The minimum absolute atomic E-state index is 0. The predicted molar refractivity (Wildman–Crippen MR) is 251 cm³/mol. The molecule has 4 amide bonds. The van der Waals surface area contributed by atoms with Gasteiger partial charge in [-0.25, -0.2) is 0 Å². The molecule has 1 radical (unpaired) electrons. The first-order chi connectivity index (χ1) is 32.4. The summed E-state index contributed by atoms with van der Waals surface area (Å²) in [7, 11) is 0. The Balaban J connectivity index is 0.0000104. The monoisotopic (exact) mass is 1100 g/mol. The van der Waals surface area contributed by atoms with Gasteiger partial charge in [-0.1, -0.05) is 38.1 Å². The third kappa shape index (κ3) is 16.4. The van der Waals surface area contributed by atoms with Gasteiger partial charge in [0.1, 0.15) is 12.1 Å². The molecule has 5 rings (SSSR count). The molecule has 0 saturated heterocycles. The van der Waals surface area contributed by atoms with E-state index in [1.54, 1.807) is 18.7 Å². The topological polar surface area (TPSA) is 305 Å². The molecular weight excluding hydrogens is 1040 g/mol. The summed E-state index contributed by atoms with van der Waals surface area (Å²) in [6, 6.07) is 12.4. The molecule has 11 N–H and O–H groups in total. The molecule has 4 aromatic rings. The van der Waals surface area contributed by atoms with E-state index < -0.39 is 63.8 Å². The van der Waals surface area contributed by atoms with Gasteiger partial charge in [0.15, 0.2) is 23.0 Å². The fourth-order valence-electron chi connectivity index (χ4n) is 7.73. The molecule has 371 valence electrons. The minimum atomic E-state index is -0.826. The predicted octanol–water partition coefficient (Wildman–Crippen LogP) is 2.36. The maximum atomic E-state index is 13.2. The van der Waals surface area contributed by atoms with Crippen molar-refractivity contribution in [2.24, 2.45) is 5.92 Å². The number of amides is 4. The molecule has 21 heteroatoms. The van der Waals surface area contributed by atoms with E-state index in [1.807, 2.05) is 24.3 Å². The van der Waals surface area contributed by atoms with Gasteiger partial charge in [0.2, 0.25) is 0 Å². The van der Waals surface area contributed by atoms with Crippen LogP contribution in [0.2, 0.25) is 0 Å². The summed E-state index contributed by atoms with van der Waals surface area (Å²) in [4.78, 5) is 95.2. The van der Waals surface area contributed by atoms with Crippen LogP contribution in [0.4, 0.5) is 0 Å². The molecule has 1 unspecified atom stereocenters. The van der Waals surface area contributed by atoms with E-state index in [4.69, 9.17) is 4.74 Å². The minimum Gasteiger partial charge on any atom is -0.504 e. The molecule has 1 aliphatic rings. The Morgan fingerprint density at radius 1 is 0.638 bits per heavy atom. The first kappa shape index (κ1) is 55.7. The zero-order valence-corrected chi connectivity index (χ0v) is 41.4. The van der Waals surface area contributed by atoms with E-state index in [0.717, 1.165) is 36.8 Å². The summed E-state index contributed by atoms with van der Waals surface area (Å²) < 4.78 is 5.77. The number of aromatic hydroxyl groups is 4. The molecular formula is C48H62GdN8O12+3. The SMILES string of the molecule is Cc1cc(C(=O)NCCN(CCNC(=O)c2ccc(C(=O)NCCc3ccc(CNC(CC(C)C)C(=O)OC4CCCC4)cc3)c(O)c2O)CCNC(=O)c2cc(C)[nH]c(=O)c2O)c(O)c(=O)[nH]1.[Gd+3]. The number of ether oxygens (including phenoxy) is 1. The van der Waals surface area contributed by atoms with E-state index in [2.05, 4.69) is 50.4 Å². The largest absolute Gasteiger partial charge is 3.00 e. The van der Waals surface area contributed by atoms with Gasteiger partial charge in [-0.2, -0.15) is 0 Å². The van der Waals surface area contributed by atoms with Gasteiger partial charge in [0, 0.05) is 63.7 Å². The Labute approximate surface area is 431 Å². The summed E-state index contributed by atoms with van der Waals surface area (Å²) in [5.41, 5.74) is -0.0305. The van der Waals surface area contributed by atoms with E-state index in [9.17, 15) is 54.0 Å². The quantitative estimate of drug-likeness (QED) is 0.0376. The van der Waals surface area contributed by atoms with Crippen LogP contribution in [0.3, 0.4) is 0 Å². The summed E-state index contributed by atoms with van der Waals surface area (Å²) in [6.07, 6.45) is 5.11. The van der Waals surface area contributed by atoms with Crippen LogP contribution >= 0.6 is 0 Å². The molecule has 20 nitrogen and oxygen atoms in total. The summed E-state index contributed by atoms with van der Waals surface area (Å²) in [5.74, 6) is -5.86. The van der Waals surface area contributed by atoms with Gasteiger partial charge in [-0.3, -0.25) is 38.5 Å². The number of hydrogen-bond acceptors (Lipinski definition) is 14. The third-order valence-corrected chi connectivity index (χ3v) is 11.4. The number of pyridine rings is 2. The van der Waals surface area contributed by atoms with Crippen molar-refractivity contribution in [2.75, 3.05) is 45.8 Å². The summed E-state index contributed by atoms with van der Waals surface area (Å²) in [5, 5.41) is 55.7. The van der Waals surface area contributed by atoms with Gasteiger partial charge >= 0.3 is 45.9 Å². The van der Waals surface area contributed by atoms with Crippen molar-refractivity contribution in [1.82, 2.24) is 41.5 Å². The number of esters is 1. The average Bonchev–Trinajstić information content (AvgIpc) is 3.81. The van der Waals surface area contributed by atoms with Crippen molar-refractivity contribution in [3.8, 4) is 23.0 Å². The molecule has 69 heavy (non-hydrogen) atoms. The number of H-pyrrole nitrogens is 2. The van der Waals surface area contributed by atoms with Crippen LogP contribution in [0.15, 0.2) is 58.1 Å². The third-order valence-electron chi connectivity index (χ3n) is 11.4. The second-order valence-electron chi connectivity index (χ2n) is 17.3. The van der Waals surface area contributed by atoms with E-state index in [-0.39, 0.29) is 120 Å². The molecule has 0 bridgehead atoms. The Morgan fingerprint density at radius 2 is 1.06 bits per heavy atom. The molecule has 2 aromatic carbocycles. The van der Waals surface area contributed by atoms with Crippen molar-refractivity contribution in [2.45, 2.75) is 84.9 Å². The zero-order valence-electron chi connectivity index (χ0n) is 39.1. The van der Waals surface area contributed by atoms with Crippen LogP contribution < -0.4 is 37.7 Å². The van der Waals surface area contributed by atoms with Gasteiger partial charge in [-0.05, 0) is 93.7 Å². The standard InChI is InChI=1S/C48H62N8O12.Gd/c1-27(2)23-37(48(67)68-32-7-5-6-8-32)53-26-31-11-9-30(10-12-31)15-16-49-42(61)33-13-14-34(39(58)38(33)57)43(62)50-17-20-56(21-18-51-44(63)35-24-28(3)54-46(65)40(35)59)22-19-52-45(64)36-25-29(4)55-47(66)41(36)60;/h9-14,24-25,27,32,37,53,57-60H,5-8,15-23,26H2,1-4H3,(H,49,61)(H,50,62)(H,51,63)(H,52,64)(H,54,65)(H,55,66);/q;+3. The fraction of sp³-hybridized carbons (Fsp3) is 0.438. The smallest absolute Gasteiger partial charge is 0.504 e. The molecule has 1 saturated carbocycles. The van der Waals surface area contributed by atoms with Crippen LogP contribution in [-0.4, -0.2) is 123 Å². The van der Waals surface area contributed by atoms with Crippen LogP contribution in [0, 0.1) is 59.7 Å². The first-order valence-electron chi connectivity index (χ1n) is 22.7. The molecule has 1 aliphatic carbocycles. The molecule has 0 aliphatic heterocycles. The van der Waals surface area contributed by atoms with Crippen molar-refractivity contribution >= 4 is 29.6 Å². The van der Waals surface area contributed by atoms with Crippen LogP contribution in [-0.2, 0) is 22.5 Å². The summed E-state index contributed by atoms with van der Waals surface area (Å²) in [6.45, 7) is 8.31. The van der Waals surface area contributed by atoms with Crippen molar-refractivity contribution < 1.29 is 89.1 Å². The number of hydrogen-bond donors (Lipinski definition) is 11. The molecule has 0 spiro atoms. The number of nitrogens with one attached hydrogen (secondary N) is 7. The fourth-order valence-corrected chi connectivity index (χ4v) is 7.73. The number of benzene rings is 2. The van der Waals surface area contributed by atoms with Gasteiger partial charge in [-0.15, -0.1) is 0 Å². The van der Waals surface area contributed by atoms with Gasteiger partial charge in [0.25, 0.3) is 34.7 Å². The number of carbonyl (C=O) groups is 5. The normalized spacial score (nSPS) is 12.8. The number of nitrogens with zero attached hydrogens (tertiary/aromatic N) is 1. The maximum Gasteiger partial charge on any atom is 3.00 e. The second kappa shape index (κ2) is 26.8. The molecule has 1 atom stereocenters. The van der Waals surface area contributed by atoms with Crippen molar-refractivity contribution in [1.29, 1.82) is 0 Å². The van der Waals surface area contributed by atoms with Gasteiger partial charge < -0.3 is 61.7 Å². The van der Waals surface area contributed by atoms with Crippen LogP contribution in [0.1, 0.15) is 110 Å². The number of aromatic nitrogens is 2. The number of rotatable bonds is 23. The Hall–Kier alpha value is -5.87. The van der Waals surface area contributed by atoms with Crippen LogP contribution in [0.5, 0.6) is 23.0 Å². The molecule has 2 heterocycles. The van der Waals surface area contributed by atoms with E-state index in [0.29, 0.717) is 36.7 Å². The van der Waals surface area contributed by atoms with E-state index >= 15 is 0 Å². The Kier molecular flexibility index (Phi) is 21.6. The number of aryl methyl sites for hydroxylation is 2. The number of aromatic amines is 2. The maximum absolute atomic E-state index is 13.2. The Morgan fingerprint density at radius 3 is 1.51 bits per heavy atom. The molecule has 1 fully saturated rings. The number of carbonyl (C=O) groups excluding carboxylic acids is 5. The first-order valence-corrected chi connectivity index (χ1v) is 22.7.